The Bertz CT molecular complexity index is 900. The predicted molar refractivity (Wildman–Crippen MR) is 104 cm³/mol. The normalized spacial score (nSPS) is 11.7. The van der Waals surface area contributed by atoms with E-state index in [4.69, 9.17) is 4.74 Å². The summed E-state index contributed by atoms with van der Waals surface area (Å²) < 4.78 is 6.85. The SMILES string of the molecule is CCC(C)N(Cc1ccncc1)C(=O)Nc1cc(OC)cc(-n2cnnn2)c1. The van der Waals surface area contributed by atoms with E-state index >= 15 is 0 Å². The fraction of sp³-hybridized carbons (Fsp3) is 0.316. The van der Waals surface area contributed by atoms with Crippen molar-refractivity contribution in [3.05, 3.63) is 54.6 Å². The van der Waals surface area contributed by atoms with Gasteiger partial charge >= 0.3 is 6.03 Å². The summed E-state index contributed by atoms with van der Waals surface area (Å²) >= 11 is 0. The van der Waals surface area contributed by atoms with Crippen LogP contribution in [0.15, 0.2) is 49.1 Å². The number of urea groups is 1. The van der Waals surface area contributed by atoms with E-state index in [1.807, 2.05) is 19.1 Å². The highest BCUT2D eigenvalue weighted by Gasteiger charge is 2.20. The molecule has 9 heteroatoms. The zero-order valence-electron chi connectivity index (χ0n) is 16.1. The molecule has 2 amide bonds. The summed E-state index contributed by atoms with van der Waals surface area (Å²) in [6.07, 6.45) is 5.77. The molecule has 1 aromatic carbocycles. The molecule has 3 aromatic rings. The third-order valence-electron chi connectivity index (χ3n) is 4.48. The number of rotatable bonds is 7. The number of nitrogens with one attached hydrogen (secondary N) is 1. The van der Waals surface area contributed by atoms with Crippen LogP contribution in [0.2, 0.25) is 0 Å². The van der Waals surface area contributed by atoms with E-state index in [0.717, 1.165) is 12.0 Å². The van der Waals surface area contributed by atoms with Gasteiger partial charge < -0.3 is 15.0 Å². The summed E-state index contributed by atoms with van der Waals surface area (Å²) in [6.45, 7) is 4.57. The maximum Gasteiger partial charge on any atom is 0.322 e. The number of carbonyl (C=O) groups excluding carboxylic acids is 1. The van der Waals surface area contributed by atoms with Crippen molar-refractivity contribution in [1.82, 2.24) is 30.1 Å². The van der Waals surface area contributed by atoms with Crippen LogP contribution in [0.5, 0.6) is 5.75 Å². The van der Waals surface area contributed by atoms with E-state index in [0.29, 0.717) is 23.7 Å². The van der Waals surface area contributed by atoms with E-state index in [1.54, 1.807) is 42.6 Å². The minimum absolute atomic E-state index is 0.0674. The van der Waals surface area contributed by atoms with Gasteiger partial charge in [0.25, 0.3) is 0 Å². The van der Waals surface area contributed by atoms with Crippen molar-refractivity contribution in [1.29, 1.82) is 0 Å². The molecule has 146 valence electrons. The first-order chi connectivity index (χ1) is 13.6. The Hall–Kier alpha value is -3.49. The molecular formula is C19H23N7O2. The maximum absolute atomic E-state index is 13.0. The number of nitrogens with zero attached hydrogens (tertiary/aromatic N) is 6. The van der Waals surface area contributed by atoms with Crippen molar-refractivity contribution in [3.63, 3.8) is 0 Å². The fourth-order valence-electron chi connectivity index (χ4n) is 2.71. The number of pyridine rings is 1. The molecule has 0 aliphatic heterocycles. The summed E-state index contributed by atoms with van der Waals surface area (Å²) in [7, 11) is 1.57. The van der Waals surface area contributed by atoms with Gasteiger partial charge in [-0.2, -0.15) is 0 Å². The average Bonchev–Trinajstić information content (AvgIpc) is 3.27. The largest absolute Gasteiger partial charge is 0.497 e. The second kappa shape index (κ2) is 8.94. The molecule has 9 nitrogen and oxygen atoms in total. The van der Waals surface area contributed by atoms with Crippen molar-refractivity contribution < 1.29 is 9.53 Å². The Balaban J connectivity index is 1.83. The van der Waals surface area contributed by atoms with Crippen molar-refractivity contribution in [2.45, 2.75) is 32.9 Å². The zero-order valence-corrected chi connectivity index (χ0v) is 16.1. The van der Waals surface area contributed by atoms with Crippen LogP contribution in [0.3, 0.4) is 0 Å². The lowest BCUT2D eigenvalue weighted by molar-refractivity contribution is 0.187. The Morgan fingerprint density at radius 3 is 2.71 bits per heavy atom. The van der Waals surface area contributed by atoms with Crippen molar-refractivity contribution in [3.8, 4) is 11.4 Å². The zero-order chi connectivity index (χ0) is 19.9. The summed E-state index contributed by atoms with van der Waals surface area (Å²) in [4.78, 5) is 18.9. The number of methoxy groups -OCH3 is 1. The number of hydrogen-bond acceptors (Lipinski definition) is 6. The van der Waals surface area contributed by atoms with E-state index in [9.17, 15) is 4.79 Å². The first-order valence-electron chi connectivity index (χ1n) is 8.99. The van der Waals surface area contributed by atoms with Crippen LogP contribution in [0.25, 0.3) is 5.69 Å². The molecule has 3 rings (SSSR count). The summed E-state index contributed by atoms with van der Waals surface area (Å²) in [5.74, 6) is 0.590. The van der Waals surface area contributed by atoms with Gasteiger partial charge in [0.15, 0.2) is 0 Å². The molecule has 0 saturated heterocycles. The highest BCUT2D eigenvalue weighted by atomic mass is 16.5. The molecule has 0 radical (unpaired) electrons. The van der Waals surface area contributed by atoms with Gasteiger partial charge in [-0.15, -0.1) is 5.10 Å². The minimum Gasteiger partial charge on any atom is -0.497 e. The molecule has 0 bridgehead atoms. The monoisotopic (exact) mass is 381 g/mol. The predicted octanol–water partition coefficient (Wildman–Crippen LogP) is 2.90. The van der Waals surface area contributed by atoms with Gasteiger partial charge in [0.05, 0.1) is 12.8 Å². The quantitative estimate of drug-likeness (QED) is 0.676. The summed E-state index contributed by atoms with van der Waals surface area (Å²) in [5, 5.41) is 14.1. The molecule has 2 heterocycles. The van der Waals surface area contributed by atoms with Crippen LogP contribution in [0.4, 0.5) is 10.5 Å². The van der Waals surface area contributed by atoms with Crippen LogP contribution in [-0.2, 0) is 6.54 Å². The van der Waals surface area contributed by atoms with Crippen LogP contribution in [0, 0.1) is 0 Å². The molecule has 0 saturated carbocycles. The van der Waals surface area contributed by atoms with Gasteiger partial charge in [0.2, 0.25) is 0 Å². The second-order valence-electron chi connectivity index (χ2n) is 6.34. The number of tetrazole rings is 1. The second-order valence-corrected chi connectivity index (χ2v) is 6.34. The average molecular weight is 381 g/mol. The van der Waals surface area contributed by atoms with Crippen LogP contribution < -0.4 is 10.1 Å². The number of anilines is 1. The lowest BCUT2D eigenvalue weighted by Gasteiger charge is -2.29. The number of hydrogen-bond donors (Lipinski definition) is 1. The van der Waals surface area contributed by atoms with Crippen molar-refractivity contribution >= 4 is 11.7 Å². The minimum atomic E-state index is -0.193. The van der Waals surface area contributed by atoms with Crippen molar-refractivity contribution in [2.75, 3.05) is 12.4 Å². The molecule has 0 aliphatic rings. The molecule has 0 fully saturated rings. The smallest absolute Gasteiger partial charge is 0.322 e. The lowest BCUT2D eigenvalue weighted by Crippen LogP contribution is -2.40. The van der Waals surface area contributed by atoms with E-state index in [2.05, 4.69) is 32.7 Å². The Morgan fingerprint density at radius 2 is 2.07 bits per heavy atom. The Labute approximate surface area is 163 Å². The highest BCUT2D eigenvalue weighted by Crippen LogP contribution is 2.24. The maximum atomic E-state index is 13.0. The van der Waals surface area contributed by atoms with Gasteiger partial charge in [-0.25, -0.2) is 9.48 Å². The Morgan fingerprint density at radius 1 is 1.29 bits per heavy atom. The first kappa shape index (κ1) is 19.3. The van der Waals surface area contributed by atoms with E-state index in [-0.39, 0.29) is 12.1 Å². The van der Waals surface area contributed by atoms with Crippen molar-refractivity contribution in [2.24, 2.45) is 0 Å². The standard InChI is InChI=1S/C19H23N7O2/c1-4-14(2)25(12-15-5-7-20-8-6-15)19(27)22-16-9-17(11-18(10-16)28-3)26-13-21-23-24-26/h5-11,13-14H,4,12H2,1-3H3,(H,22,27). The Kier molecular flexibility index (Phi) is 6.15. The molecule has 0 spiro atoms. The molecule has 1 unspecified atom stereocenters. The molecule has 2 aromatic heterocycles. The topological polar surface area (TPSA) is 98.1 Å². The molecular weight excluding hydrogens is 358 g/mol. The number of ether oxygens (including phenoxy) is 1. The van der Waals surface area contributed by atoms with Gasteiger partial charge in [-0.3, -0.25) is 4.98 Å². The van der Waals surface area contributed by atoms with Gasteiger partial charge in [0.1, 0.15) is 12.1 Å². The summed E-state index contributed by atoms with van der Waals surface area (Å²) in [6, 6.07) is 9.02. The highest BCUT2D eigenvalue weighted by molar-refractivity contribution is 5.90. The number of benzene rings is 1. The number of carbonyl (C=O) groups is 1. The van der Waals surface area contributed by atoms with Crippen LogP contribution >= 0.6 is 0 Å². The molecule has 0 aliphatic carbocycles. The van der Waals surface area contributed by atoms with Crippen LogP contribution in [0.1, 0.15) is 25.8 Å². The number of amides is 2. The third kappa shape index (κ3) is 4.61. The van der Waals surface area contributed by atoms with E-state index in [1.165, 1.54) is 11.0 Å². The fourth-order valence-corrected chi connectivity index (χ4v) is 2.71. The van der Waals surface area contributed by atoms with E-state index < -0.39 is 0 Å². The molecule has 1 atom stereocenters. The lowest BCUT2D eigenvalue weighted by atomic mass is 10.2. The first-order valence-corrected chi connectivity index (χ1v) is 8.99. The summed E-state index contributed by atoms with van der Waals surface area (Å²) in [5.41, 5.74) is 2.30. The van der Waals surface area contributed by atoms with Crippen LogP contribution in [-0.4, -0.2) is 49.3 Å². The molecule has 1 N–H and O–H groups in total. The molecule has 28 heavy (non-hydrogen) atoms. The van der Waals surface area contributed by atoms with Gasteiger partial charge in [-0.05, 0) is 47.5 Å². The van der Waals surface area contributed by atoms with Gasteiger partial charge in [-0.1, -0.05) is 6.92 Å². The number of aromatic nitrogens is 5. The third-order valence-corrected chi connectivity index (χ3v) is 4.48. The van der Waals surface area contributed by atoms with Gasteiger partial charge in [0, 0.05) is 42.8 Å².